The first kappa shape index (κ1) is 18.7. The van der Waals surface area contributed by atoms with Crippen LogP contribution in [0.5, 0.6) is 11.5 Å². The van der Waals surface area contributed by atoms with Crippen molar-refractivity contribution in [3.8, 4) is 11.5 Å². The van der Waals surface area contributed by atoms with Crippen molar-refractivity contribution < 1.29 is 18.7 Å². The van der Waals surface area contributed by atoms with Gasteiger partial charge in [-0.05, 0) is 43.9 Å². The number of hydrogen-bond donors (Lipinski definition) is 1. The number of ether oxygens (including phenoxy) is 2. The summed E-state index contributed by atoms with van der Waals surface area (Å²) in [5.74, 6) is 0.295. The molecule has 0 radical (unpaired) electrons. The second-order valence-corrected chi connectivity index (χ2v) is 5.79. The summed E-state index contributed by atoms with van der Waals surface area (Å²) in [4.78, 5) is 14.5. The lowest BCUT2D eigenvalue weighted by Gasteiger charge is -2.25. The van der Waals surface area contributed by atoms with E-state index in [-0.39, 0.29) is 17.8 Å². The number of carbonyl (C=O) groups excluding carboxylic acids is 1. The number of benzene rings is 2. The number of rotatable bonds is 7. The van der Waals surface area contributed by atoms with Crippen molar-refractivity contribution in [2.75, 3.05) is 34.9 Å². The van der Waals surface area contributed by atoms with Crippen molar-refractivity contribution >= 4 is 5.91 Å². The molecule has 5 nitrogen and oxygen atoms in total. The van der Waals surface area contributed by atoms with Crippen LogP contribution in [0.4, 0.5) is 4.39 Å². The van der Waals surface area contributed by atoms with Crippen LogP contribution in [0.1, 0.15) is 22.0 Å². The molecule has 1 unspecified atom stereocenters. The summed E-state index contributed by atoms with van der Waals surface area (Å²) in [5, 5.41) is 2.89. The molecular formula is C19H23FN2O3. The van der Waals surface area contributed by atoms with Crippen LogP contribution in [0, 0.1) is 5.82 Å². The van der Waals surface area contributed by atoms with Gasteiger partial charge in [0.1, 0.15) is 5.82 Å². The Labute approximate surface area is 147 Å². The zero-order valence-corrected chi connectivity index (χ0v) is 14.9. The minimum Gasteiger partial charge on any atom is -0.493 e. The second-order valence-electron chi connectivity index (χ2n) is 5.79. The van der Waals surface area contributed by atoms with Crippen LogP contribution in [0.25, 0.3) is 0 Å². The van der Waals surface area contributed by atoms with E-state index in [0.29, 0.717) is 23.6 Å². The van der Waals surface area contributed by atoms with Gasteiger partial charge in [-0.3, -0.25) is 4.79 Å². The Bertz CT molecular complexity index is 734. The monoisotopic (exact) mass is 346 g/mol. The molecular weight excluding hydrogens is 323 g/mol. The molecule has 0 aliphatic heterocycles. The van der Waals surface area contributed by atoms with Gasteiger partial charge in [-0.1, -0.05) is 18.2 Å². The van der Waals surface area contributed by atoms with Crippen molar-refractivity contribution in [2.45, 2.75) is 6.04 Å². The van der Waals surface area contributed by atoms with E-state index in [1.54, 1.807) is 24.3 Å². The molecule has 1 N–H and O–H groups in total. The third-order valence-corrected chi connectivity index (χ3v) is 3.96. The van der Waals surface area contributed by atoms with Crippen molar-refractivity contribution in [1.29, 1.82) is 0 Å². The largest absolute Gasteiger partial charge is 0.493 e. The predicted molar refractivity (Wildman–Crippen MR) is 94.7 cm³/mol. The van der Waals surface area contributed by atoms with E-state index in [1.165, 1.54) is 26.4 Å². The van der Waals surface area contributed by atoms with Gasteiger partial charge in [0.2, 0.25) is 0 Å². The summed E-state index contributed by atoms with van der Waals surface area (Å²) in [6.07, 6.45) is 0. The highest BCUT2D eigenvalue weighted by atomic mass is 19.1. The molecule has 25 heavy (non-hydrogen) atoms. The highest BCUT2D eigenvalue weighted by molar-refractivity contribution is 5.97. The molecule has 0 fully saturated rings. The maximum atomic E-state index is 13.5. The molecule has 2 aromatic carbocycles. The number of halogens is 1. The molecule has 1 atom stereocenters. The van der Waals surface area contributed by atoms with E-state index in [2.05, 4.69) is 5.32 Å². The Balaban J connectivity index is 2.17. The van der Waals surface area contributed by atoms with Crippen LogP contribution >= 0.6 is 0 Å². The van der Waals surface area contributed by atoms with E-state index in [4.69, 9.17) is 9.47 Å². The van der Waals surface area contributed by atoms with Crippen molar-refractivity contribution in [2.24, 2.45) is 0 Å². The van der Waals surface area contributed by atoms with Crippen molar-refractivity contribution in [1.82, 2.24) is 10.2 Å². The third kappa shape index (κ3) is 4.48. The number of hydrogen-bond acceptors (Lipinski definition) is 4. The SMILES string of the molecule is COc1cccc(C(=O)NCC(c2cccc(F)c2)N(C)C)c1OC. The topological polar surface area (TPSA) is 50.8 Å². The molecule has 0 aliphatic rings. The van der Waals surface area contributed by atoms with Crippen molar-refractivity contribution in [3.63, 3.8) is 0 Å². The number of amides is 1. The van der Waals surface area contributed by atoms with Crippen LogP contribution in [0.15, 0.2) is 42.5 Å². The molecule has 6 heteroatoms. The summed E-state index contributed by atoms with van der Waals surface area (Å²) in [6, 6.07) is 11.3. The standard InChI is InChI=1S/C19H23FN2O3/c1-22(2)16(13-7-5-8-14(20)11-13)12-21-19(23)15-9-6-10-17(24-3)18(15)25-4/h5-11,16H,12H2,1-4H3,(H,21,23). The van der Waals surface area contributed by atoms with E-state index in [0.717, 1.165) is 5.56 Å². The molecule has 0 saturated carbocycles. The van der Waals surface area contributed by atoms with E-state index in [1.807, 2.05) is 25.1 Å². The van der Waals surface area contributed by atoms with Crippen LogP contribution in [0.2, 0.25) is 0 Å². The Morgan fingerprint density at radius 1 is 1.16 bits per heavy atom. The number of nitrogens with zero attached hydrogens (tertiary/aromatic N) is 1. The van der Waals surface area contributed by atoms with Crippen LogP contribution < -0.4 is 14.8 Å². The molecule has 0 spiro atoms. The van der Waals surface area contributed by atoms with Crippen LogP contribution in [-0.4, -0.2) is 45.7 Å². The smallest absolute Gasteiger partial charge is 0.255 e. The highest BCUT2D eigenvalue weighted by Crippen LogP contribution is 2.30. The Kier molecular flexibility index (Phi) is 6.36. The highest BCUT2D eigenvalue weighted by Gasteiger charge is 2.19. The Hall–Kier alpha value is -2.60. The van der Waals surface area contributed by atoms with Gasteiger partial charge in [0.05, 0.1) is 25.8 Å². The summed E-state index contributed by atoms with van der Waals surface area (Å²) in [7, 11) is 6.78. The zero-order valence-electron chi connectivity index (χ0n) is 14.9. The van der Waals surface area contributed by atoms with Crippen LogP contribution in [-0.2, 0) is 0 Å². The maximum Gasteiger partial charge on any atom is 0.255 e. The average molecular weight is 346 g/mol. The maximum absolute atomic E-state index is 13.5. The minimum atomic E-state index is -0.301. The fourth-order valence-electron chi connectivity index (χ4n) is 2.66. The molecule has 1 amide bonds. The zero-order chi connectivity index (χ0) is 18.4. The van der Waals surface area contributed by atoms with Gasteiger partial charge in [-0.15, -0.1) is 0 Å². The van der Waals surface area contributed by atoms with E-state index >= 15 is 0 Å². The third-order valence-electron chi connectivity index (χ3n) is 3.96. The molecule has 0 aliphatic carbocycles. The van der Waals surface area contributed by atoms with Gasteiger partial charge >= 0.3 is 0 Å². The lowest BCUT2D eigenvalue weighted by molar-refractivity contribution is 0.0938. The first-order valence-corrected chi connectivity index (χ1v) is 7.89. The Morgan fingerprint density at radius 2 is 1.88 bits per heavy atom. The minimum absolute atomic E-state index is 0.156. The quantitative estimate of drug-likeness (QED) is 0.838. The number of methoxy groups -OCH3 is 2. The number of para-hydroxylation sites is 1. The second kappa shape index (κ2) is 8.48. The number of nitrogens with one attached hydrogen (secondary N) is 1. The number of carbonyl (C=O) groups is 1. The van der Waals surface area contributed by atoms with Gasteiger partial charge in [0.15, 0.2) is 11.5 Å². The van der Waals surface area contributed by atoms with E-state index in [9.17, 15) is 9.18 Å². The fraction of sp³-hybridized carbons (Fsp3) is 0.316. The van der Waals surface area contributed by atoms with Gasteiger partial charge < -0.3 is 19.7 Å². The van der Waals surface area contributed by atoms with Crippen molar-refractivity contribution in [3.05, 3.63) is 59.4 Å². The summed E-state index contributed by atoms with van der Waals surface area (Å²) in [5.41, 5.74) is 1.18. The molecule has 134 valence electrons. The first-order valence-electron chi connectivity index (χ1n) is 7.89. The predicted octanol–water partition coefficient (Wildman–Crippen LogP) is 2.88. The Morgan fingerprint density at radius 3 is 2.48 bits per heavy atom. The normalized spacial score (nSPS) is 11.9. The lowest BCUT2D eigenvalue weighted by atomic mass is 10.1. The first-order chi connectivity index (χ1) is 12.0. The molecule has 2 rings (SSSR count). The van der Waals surface area contributed by atoms with Gasteiger partial charge in [-0.2, -0.15) is 0 Å². The van der Waals surface area contributed by atoms with Gasteiger partial charge in [0.25, 0.3) is 5.91 Å². The molecule has 0 bridgehead atoms. The molecule has 2 aromatic rings. The van der Waals surface area contributed by atoms with Gasteiger partial charge in [-0.25, -0.2) is 4.39 Å². The average Bonchev–Trinajstić information content (AvgIpc) is 2.60. The number of likely N-dealkylation sites (N-methyl/N-ethyl adjacent to an activating group) is 1. The summed E-state index contributed by atoms with van der Waals surface area (Å²) < 4.78 is 24.0. The fourth-order valence-corrected chi connectivity index (χ4v) is 2.66. The van der Waals surface area contributed by atoms with Crippen LogP contribution in [0.3, 0.4) is 0 Å². The van der Waals surface area contributed by atoms with E-state index < -0.39 is 0 Å². The summed E-state index contributed by atoms with van der Waals surface area (Å²) in [6.45, 7) is 0.329. The van der Waals surface area contributed by atoms with Gasteiger partial charge in [0, 0.05) is 6.54 Å². The lowest BCUT2D eigenvalue weighted by Crippen LogP contribution is -2.34. The summed E-state index contributed by atoms with van der Waals surface area (Å²) >= 11 is 0. The molecule has 0 heterocycles. The molecule has 0 aromatic heterocycles. The molecule has 0 saturated heterocycles.